The first-order chi connectivity index (χ1) is 10.8. The van der Waals surface area contributed by atoms with Gasteiger partial charge in [-0.15, -0.1) is 0 Å². The van der Waals surface area contributed by atoms with Gasteiger partial charge in [-0.1, -0.05) is 12.1 Å². The number of alkyl halides is 3. The van der Waals surface area contributed by atoms with Crippen molar-refractivity contribution >= 4 is 17.5 Å². The maximum atomic E-state index is 12.1. The van der Waals surface area contributed by atoms with E-state index in [-0.39, 0.29) is 19.0 Å². The van der Waals surface area contributed by atoms with E-state index in [0.717, 1.165) is 0 Å². The SMILES string of the molecule is CNC(=O)C1CN(CC(=O)NCC(F)(F)F)c2ccccc2O1. The second-order valence-electron chi connectivity index (χ2n) is 4.96. The van der Waals surface area contributed by atoms with Crippen LogP contribution in [-0.2, 0) is 9.59 Å². The van der Waals surface area contributed by atoms with Crippen molar-refractivity contribution in [1.29, 1.82) is 0 Å². The standard InChI is InChI=1S/C14H16F3N3O3/c1-18-13(22)11-6-20(7-12(21)19-8-14(15,16)17)9-4-2-3-5-10(9)23-11/h2-5,11H,6-8H2,1H3,(H,18,22)(H,19,21). The van der Waals surface area contributed by atoms with E-state index < -0.39 is 24.7 Å². The molecule has 1 aromatic rings. The molecule has 2 amide bonds. The molecule has 0 saturated carbocycles. The largest absolute Gasteiger partial charge is 0.477 e. The van der Waals surface area contributed by atoms with Crippen LogP contribution in [0.3, 0.4) is 0 Å². The average Bonchev–Trinajstić information content (AvgIpc) is 2.51. The van der Waals surface area contributed by atoms with Gasteiger partial charge in [-0.25, -0.2) is 0 Å². The number of hydrogen-bond acceptors (Lipinski definition) is 4. The molecule has 0 bridgehead atoms. The second-order valence-corrected chi connectivity index (χ2v) is 4.96. The molecular formula is C14H16F3N3O3. The molecule has 0 spiro atoms. The molecule has 1 atom stereocenters. The molecule has 1 aromatic carbocycles. The van der Waals surface area contributed by atoms with Crippen LogP contribution in [0, 0.1) is 0 Å². The monoisotopic (exact) mass is 331 g/mol. The number of ether oxygens (including phenoxy) is 1. The van der Waals surface area contributed by atoms with Crippen LogP contribution in [0.5, 0.6) is 5.75 Å². The molecule has 23 heavy (non-hydrogen) atoms. The molecule has 1 aliphatic rings. The van der Waals surface area contributed by atoms with Gasteiger partial charge in [-0.05, 0) is 12.1 Å². The molecule has 0 aromatic heterocycles. The molecule has 1 unspecified atom stereocenters. The van der Waals surface area contributed by atoms with E-state index in [1.54, 1.807) is 24.3 Å². The van der Waals surface area contributed by atoms with Crippen molar-refractivity contribution in [1.82, 2.24) is 10.6 Å². The molecule has 2 rings (SSSR count). The first-order valence-corrected chi connectivity index (χ1v) is 6.86. The highest BCUT2D eigenvalue weighted by molar-refractivity contribution is 5.86. The highest BCUT2D eigenvalue weighted by Crippen LogP contribution is 2.32. The minimum absolute atomic E-state index is 0.0656. The molecule has 2 N–H and O–H groups in total. The van der Waals surface area contributed by atoms with Crippen LogP contribution < -0.4 is 20.3 Å². The highest BCUT2D eigenvalue weighted by Gasteiger charge is 2.32. The van der Waals surface area contributed by atoms with E-state index in [1.165, 1.54) is 11.9 Å². The zero-order valence-electron chi connectivity index (χ0n) is 12.3. The van der Waals surface area contributed by atoms with Gasteiger partial charge in [-0.2, -0.15) is 13.2 Å². The van der Waals surface area contributed by atoms with Crippen LogP contribution in [0.2, 0.25) is 0 Å². The van der Waals surface area contributed by atoms with Crippen molar-refractivity contribution in [3.63, 3.8) is 0 Å². The summed E-state index contributed by atoms with van der Waals surface area (Å²) in [4.78, 5) is 25.0. The topological polar surface area (TPSA) is 70.7 Å². The Balaban J connectivity index is 2.10. The van der Waals surface area contributed by atoms with Crippen molar-refractivity contribution in [2.24, 2.45) is 0 Å². The number of nitrogens with one attached hydrogen (secondary N) is 2. The van der Waals surface area contributed by atoms with Crippen LogP contribution in [0.15, 0.2) is 24.3 Å². The third kappa shape index (κ3) is 4.51. The molecule has 1 heterocycles. The fourth-order valence-corrected chi connectivity index (χ4v) is 2.18. The molecule has 0 radical (unpaired) electrons. The normalized spacial score (nSPS) is 17.0. The maximum absolute atomic E-state index is 12.1. The minimum Gasteiger partial charge on any atom is -0.477 e. The third-order valence-corrected chi connectivity index (χ3v) is 3.22. The lowest BCUT2D eigenvalue weighted by Crippen LogP contribution is -2.51. The first kappa shape index (κ1) is 16.9. The zero-order valence-corrected chi connectivity index (χ0v) is 12.3. The quantitative estimate of drug-likeness (QED) is 0.851. The first-order valence-electron chi connectivity index (χ1n) is 6.86. The summed E-state index contributed by atoms with van der Waals surface area (Å²) in [5.74, 6) is -0.758. The lowest BCUT2D eigenvalue weighted by atomic mass is 10.1. The fraction of sp³-hybridized carbons (Fsp3) is 0.429. The molecule has 9 heteroatoms. The summed E-state index contributed by atoms with van der Waals surface area (Å²) in [6.45, 7) is -1.63. The Labute approximate surface area is 130 Å². The van der Waals surface area contributed by atoms with Crippen molar-refractivity contribution in [3.8, 4) is 5.75 Å². The van der Waals surface area contributed by atoms with Crippen molar-refractivity contribution < 1.29 is 27.5 Å². The zero-order chi connectivity index (χ0) is 17.0. The number of anilines is 1. The number of fused-ring (bicyclic) bond motifs is 1. The average molecular weight is 331 g/mol. The molecule has 0 fully saturated rings. The van der Waals surface area contributed by atoms with Gasteiger partial charge in [-0.3, -0.25) is 9.59 Å². The lowest BCUT2D eigenvalue weighted by molar-refractivity contribution is -0.137. The summed E-state index contributed by atoms with van der Waals surface area (Å²) >= 11 is 0. The smallest absolute Gasteiger partial charge is 0.405 e. The van der Waals surface area contributed by atoms with Gasteiger partial charge >= 0.3 is 6.18 Å². The number of para-hydroxylation sites is 2. The van der Waals surface area contributed by atoms with Crippen molar-refractivity contribution in [3.05, 3.63) is 24.3 Å². The van der Waals surface area contributed by atoms with Gasteiger partial charge in [0.2, 0.25) is 5.91 Å². The van der Waals surface area contributed by atoms with E-state index in [2.05, 4.69) is 5.32 Å². The number of hydrogen-bond donors (Lipinski definition) is 2. The summed E-state index contributed by atoms with van der Waals surface area (Å²) < 4.78 is 42.0. The number of likely N-dealkylation sites (N-methyl/N-ethyl adjacent to an activating group) is 1. The van der Waals surface area contributed by atoms with Crippen LogP contribution in [0.4, 0.5) is 18.9 Å². The predicted octanol–water partition coefficient (Wildman–Crippen LogP) is 0.678. The number of carbonyl (C=O) groups excluding carboxylic acids is 2. The highest BCUT2D eigenvalue weighted by atomic mass is 19.4. The van der Waals surface area contributed by atoms with E-state index in [9.17, 15) is 22.8 Å². The van der Waals surface area contributed by atoms with Crippen molar-refractivity contribution in [2.45, 2.75) is 12.3 Å². The van der Waals surface area contributed by atoms with Gasteiger partial charge in [0.15, 0.2) is 6.10 Å². The van der Waals surface area contributed by atoms with Gasteiger partial charge in [0.25, 0.3) is 5.91 Å². The van der Waals surface area contributed by atoms with Crippen LogP contribution in [-0.4, -0.2) is 50.8 Å². The second kappa shape index (κ2) is 6.76. The number of benzene rings is 1. The number of amides is 2. The fourth-order valence-electron chi connectivity index (χ4n) is 2.18. The Morgan fingerprint density at radius 1 is 1.35 bits per heavy atom. The van der Waals surface area contributed by atoms with Gasteiger partial charge < -0.3 is 20.3 Å². The third-order valence-electron chi connectivity index (χ3n) is 3.22. The van der Waals surface area contributed by atoms with Gasteiger partial charge in [0.1, 0.15) is 12.3 Å². The Kier molecular flexibility index (Phi) is 4.97. The molecular weight excluding hydrogens is 315 g/mol. The number of rotatable bonds is 4. The lowest BCUT2D eigenvalue weighted by Gasteiger charge is -2.35. The van der Waals surface area contributed by atoms with E-state index in [1.807, 2.05) is 5.32 Å². The van der Waals surface area contributed by atoms with Gasteiger partial charge in [0.05, 0.1) is 18.8 Å². The van der Waals surface area contributed by atoms with E-state index >= 15 is 0 Å². The molecule has 126 valence electrons. The predicted molar refractivity (Wildman–Crippen MR) is 76.2 cm³/mol. The van der Waals surface area contributed by atoms with E-state index in [0.29, 0.717) is 11.4 Å². The summed E-state index contributed by atoms with van der Waals surface area (Å²) in [5, 5.41) is 4.26. The summed E-state index contributed by atoms with van der Waals surface area (Å²) in [7, 11) is 1.45. The number of carbonyl (C=O) groups is 2. The molecule has 6 nitrogen and oxygen atoms in total. The minimum atomic E-state index is -4.47. The summed E-state index contributed by atoms with van der Waals surface area (Å²) in [5.41, 5.74) is 0.551. The summed E-state index contributed by atoms with van der Waals surface area (Å²) in [6.07, 6.45) is -5.31. The number of halogens is 3. The van der Waals surface area contributed by atoms with Crippen LogP contribution in [0.25, 0.3) is 0 Å². The van der Waals surface area contributed by atoms with Crippen molar-refractivity contribution in [2.75, 3.05) is 31.6 Å². The maximum Gasteiger partial charge on any atom is 0.405 e. The van der Waals surface area contributed by atoms with Crippen LogP contribution in [0.1, 0.15) is 0 Å². The summed E-state index contributed by atoms with van der Waals surface area (Å²) in [6, 6.07) is 6.72. The molecule has 1 aliphatic heterocycles. The Morgan fingerprint density at radius 3 is 2.70 bits per heavy atom. The Bertz CT molecular complexity index is 592. The molecule has 0 aliphatic carbocycles. The molecule has 0 saturated heterocycles. The van der Waals surface area contributed by atoms with Crippen LogP contribution >= 0.6 is 0 Å². The number of nitrogens with zero attached hydrogens (tertiary/aromatic N) is 1. The van der Waals surface area contributed by atoms with E-state index in [4.69, 9.17) is 4.74 Å². The Morgan fingerprint density at radius 2 is 2.04 bits per heavy atom. The Hall–Kier alpha value is -2.45. The van der Waals surface area contributed by atoms with Gasteiger partial charge in [0, 0.05) is 7.05 Å².